The third kappa shape index (κ3) is 1.03. The molecule has 4 heteroatoms. The summed E-state index contributed by atoms with van der Waals surface area (Å²) in [6.45, 7) is 6.69. The van der Waals surface area contributed by atoms with Gasteiger partial charge < -0.3 is 19.7 Å². The average molecular weight is 202 g/mol. The first-order valence-electron chi connectivity index (χ1n) is 4.97. The van der Waals surface area contributed by atoms with E-state index >= 15 is 0 Å². The molecule has 0 saturated carbocycles. The van der Waals surface area contributed by atoms with Gasteiger partial charge in [-0.25, -0.2) is 0 Å². The quantitative estimate of drug-likeness (QED) is 0.609. The molecular weight excluding hydrogens is 184 g/mol. The molecule has 4 nitrogen and oxygen atoms in total. The van der Waals surface area contributed by atoms with E-state index < -0.39 is 22.8 Å². The van der Waals surface area contributed by atoms with Crippen LogP contribution in [-0.4, -0.2) is 33.0 Å². The van der Waals surface area contributed by atoms with E-state index in [4.69, 9.17) is 9.47 Å². The van der Waals surface area contributed by atoms with Gasteiger partial charge in [-0.3, -0.25) is 0 Å². The van der Waals surface area contributed by atoms with Crippen LogP contribution in [0.4, 0.5) is 0 Å². The summed E-state index contributed by atoms with van der Waals surface area (Å²) >= 11 is 0. The van der Waals surface area contributed by atoms with Crippen LogP contribution in [0.1, 0.15) is 40.5 Å². The van der Waals surface area contributed by atoms with Gasteiger partial charge in [0.05, 0.1) is 0 Å². The minimum absolute atomic E-state index is 0.687. The highest BCUT2D eigenvalue weighted by Crippen LogP contribution is 2.54. The maximum absolute atomic E-state index is 10.1. The topological polar surface area (TPSA) is 58.9 Å². The van der Waals surface area contributed by atoms with E-state index in [0.717, 1.165) is 0 Å². The minimum Gasteiger partial charge on any atom is -0.363 e. The summed E-state index contributed by atoms with van der Waals surface area (Å²) in [5.41, 5.74) is -1.65. The van der Waals surface area contributed by atoms with Crippen LogP contribution in [0.2, 0.25) is 0 Å². The summed E-state index contributed by atoms with van der Waals surface area (Å²) in [5, 5.41) is 20.1. The number of aliphatic hydroxyl groups is 2. The normalized spacial score (nSPS) is 63.0. The number of hydrogen-bond acceptors (Lipinski definition) is 4. The second kappa shape index (κ2) is 2.32. The van der Waals surface area contributed by atoms with Crippen molar-refractivity contribution in [3.63, 3.8) is 0 Å². The molecule has 3 aliphatic heterocycles. The molecule has 0 spiro atoms. The van der Waals surface area contributed by atoms with Gasteiger partial charge in [0.1, 0.15) is 11.2 Å². The third-order valence-corrected chi connectivity index (χ3v) is 3.89. The molecular formula is C10H18O4. The van der Waals surface area contributed by atoms with Gasteiger partial charge in [0.25, 0.3) is 0 Å². The lowest BCUT2D eigenvalue weighted by Crippen LogP contribution is -2.76. The molecule has 2 bridgehead atoms. The van der Waals surface area contributed by atoms with Crippen LogP contribution in [0, 0.1) is 0 Å². The zero-order valence-corrected chi connectivity index (χ0v) is 9.13. The Kier molecular flexibility index (Phi) is 1.72. The van der Waals surface area contributed by atoms with Crippen molar-refractivity contribution in [3.05, 3.63) is 0 Å². The third-order valence-electron chi connectivity index (χ3n) is 3.89. The fourth-order valence-electron chi connectivity index (χ4n) is 2.33. The van der Waals surface area contributed by atoms with Gasteiger partial charge in [-0.2, -0.15) is 0 Å². The molecule has 2 N–H and O–H groups in total. The Hall–Kier alpha value is -0.160. The van der Waals surface area contributed by atoms with Gasteiger partial charge in [0.15, 0.2) is 11.6 Å². The first-order chi connectivity index (χ1) is 6.12. The fourth-order valence-corrected chi connectivity index (χ4v) is 2.33. The second-order valence-corrected chi connectivity index (χ2v) is 5.13. The van der Waals surface area contributed by atoms with E-state index in [1.165, 1.54) is 0 Å². The molecule has 4 atom stereocenters. The number of ether oxygens (including phenoxy) is 2. The molecule has 0 aliphatic carbocycles. The molecule has 0 aromatic rings. The highest BCUT2D eigenvalue weighted by Gasteiger charge is 2.67. The standard InChI is InChI=1S/C10H18O4/c1-7-5-6-8(2,10(4,12)13-7)14-9(7,3)11/h11-12H,5-6H2,1-4H3. The van der Waals surface area contributed by atoms with Crippen molar-refractivity contribution < 1.29 is 19.7 Å². The smallest absolute Gasteiger partial charge is 0.192 e. The Morgan fingerprint density at radius 1 is 0.786 bits per heavy atom. The predicted octanol–water partition coefficient (Wildman–Crippen LogP) is 0.761. The summed E-state index contributed by atoms with van der Waals surface area (Å²) in [4.78, 5) is 0. The highest BCUT2D eigenvalue weighted by atomic mass is 16.8. The summed E-state index contributed by atoms with van der Waals surface area (Å²) in [6, 6.07) is 0. The van der Waals surface area contributed by atoms with Crippen LogP contribution in [-0.2, 0) is 9.47 Å². The zero-order chi connectivity index (χ0) is 10.8. The lowest BCUT2D eigenvalue weighted by molar-refractivity contribution is -0.497. The van der Waals surface area contributed by atoms with Gasteiger partial charge in [0, 0.05) is 0 Å². The second-order valence-electron chi connectivity index (χ2n) is 5.13. The summed E-state index contributed by atoms with van der Waals surface area (Å²) < 4.78 is 11.1. The van der Waals surface area contributed by atoms with Crippen molar-refractivity contribution in [1.82, 2.24) is 0 Å². The predicted molar refractivity (Wildman–Crippen MR) is 49.5 cm³/mol. The van der Waals surface area contributed by atoms with Gasteiger partial charge in [-0.1, -0.05) is 0 Å². The van der Waals surface area contributed by atoms with E-state index in [1.807, 2.05) is 0 Å². The SMILES string of the molecule is CC1(O)OC2(C)CCC1(C)OC2(C)O. The van der Waals surface area contributed by atoms with Crippen molar-refractivity contribution in [2.45, 2.75) is 63.3 Å². The molecule has 0 amide bonds. The van der Waals surface area contributed by atoms with Gasteiger partial charge in [-0.15, -0.1) is 0 Å². The molecule has 0 aromatic carbocycles. The average Bonchev–Trinajstić information content (AvgIpc) is 1.94. The number of fused-ring (bicyclic) bond motifs is 3. The van der Waals surface area contributed by atoms with E-state index in [1.54, 1.807) is 27.7 Å². The maximum atomic E-state index is 10.1. The van der Waals surface area contributed by atoms with E-state index in [2.05, 4.69) is 0 Å². The van der Waals surface area contributed by atoms with Crippen molar-refractivity contribution in [3.8, 4) is 0 Å². The van der Waals surface area contributed by atoms with Crippen LogP contribution in [0.5, 0.6) is 0 Å². The largest absolute Gasteiger partial charge is 0.363 e. The van der Waals surface area contributed by atoms with Gasteiger partial charge in [0.2, 0.25) is 0 Å². The molecule has 3 aliphatic rings. The highest BCUT2D eigenvalue weighted by molar-refractivity contribution is 5.08. The lowest BCUT2D eigenvalue weighted by atomic mass is 9.74. The Morgan fingerprint density at radius 3 is 1.29 bits per heavy atom. The van der Waals surface area contributed by atoms with Crippen LogP contribution in [0.3, 0.4) is 0 Å². The number of rotatable bonds is 0. The van der Waals surface area contributed by atoms with Gasteiger partial charge in [-0.05, 0) is 40.5 Å². The van der Waals surface area contributed by atoms with E-state index in [0.29, 0.717) is 12.8 Å². The van der Waals surface area contributed by atoms with Crippen LogP contribution < -0.4 is 0 Å². The van der Waals surface area contributed by atoms with Crippen molar-refractivity contribution >= 4 is 0 Å². The molecule has 3 saturated heterocycles. The molecule has 0 aromatic heterocycles. The minimum atomic E-state index is -1.33. The van der Waals surface area contributed by atoms with Gasteiger partial charge >= 0.3 is 0 Å². The Morgan fingerprint density at radius 2 is 1.07 bits per heavy atom. The Balaban J connectivity index is 2.43. The summed E-state index contributed by atoms with van der Waals surface area (Å²) in [6.07, 6.45) is 1.37. The first-order valence-corrected chi connectivity index (χ1v) is 4.97. The molecule has 0 radical (unpaired) electrons. The molecule has 3 fully saturated rings. The molecule has 82 valence electrons. The number of hydrogen-bond donors (Lipinski definition) is 2. The molecule has 14 heavy (non-hydrogen) atoms. The van der Waals surface area contributed by atoms with Crippen LogP contribution >= 0.6 is 0 Å². The first kappa shape index (κ1) is 10.4. The van der Waals surface area contributed by atoms with E-state index in [-0.39, 0.29) is 0 Å². The molecule has 4 unspecified atom stereocenters. The van der Waals surface area contributed by atoms with Crippen LogP contribution in [0.25, 0.3) is 0 Å². The zero-order valence-electron chi connectivity index (χ0n) is 9.13. The van der Waals surface area contributed by atoms with Crippen molar-refractivity contribution in [2.75, 3.05) is 0 Å². The molecule has 3 heterocycles. The van der Waals surface area contributed by atoms with Crippen molar-refractivity contribution in [2.24, 2.45) is 0 Å². The van der Waals surface area contributed by atoms with E-state index in [9.17, 15) is 10.2 Å². The molecule has 3 rings (SSSR count). The van der Waals surface area contributed by atoms with Crippen molar-refractivity contribution in [1.29, 1.82) is 0 Å². The Bertz CT molecular complexity index is 245. The lowest BCUT2D eigenvalue weighted by Gasteiger charge is -2.63. The maximum Gasteiger partial charge on any atom is 0.192 e. The summed E-state index contributed by atoms with van der Waals surface area (Å²) in [7, 11) is 0. The summed E-state index contributed by atoms with van der Waals surface area (Å²) in [5.74, 6) is -2.66. The monoisotopic (exact) mass is 202 g/mol. The fraction of sp³-hybridized carbons (Fsp3) is 1.00. The van der Waals surface area contributed by atoms with Crippen LogP contribution in [0.15, 0.2) is 0 Å². The Labute approximate surface area is 83.8 Å².